The molecule has 0 aliphatic carbocycles. The molecule has 3 heterocycles. The van der Waals surface area contributed by atoms with Gasteiger partial charge in [-0.25, -0.2) is 0 Å². The standard InChI is InChI=1S/C28H44N2O5S/c1-10-12-29(27(8,9)16-26(5,6)7)24(33)22-28-17(3)14-19(36-28)20(25(34)35-13-11-2)21(28)23(32)30(22)18(4)15-31/h10-11,17-22,31H,1-2,12-16H2,3-9H3/t17?,18-,19+,20-,21+,22?,28?/m1/s1. The van der Waals surface area contributed by atoms with Crippen LogP contribution in [0.5, 0.6) is 0 Å². The van der Waals surface area contributed by atoms with Gasteiger partial charge in [0.25, 0.3) is 0 Å². The third-order valence-electron chi connectivity index (χ3n) is 8.04. The zero-order valence-electron chi connectivity index (χ0n) is 23.0. The maximum Gasteiger partial charge on any atom is 0.311 e. The van der Waals surface area contributed by atoms with Gasteiger partial charge in [0.1, 0.15) is 12.6 Å². The second kappa shape index (κ2) is 10.2. The van der Waals surface area contributed by atoms with Crippen LogP contribution in [0.25, 0.3) is 0 Å². The van der Waals surface area contributed by atoms with Gasteiger partial charge in [0.2, 0.25) is 11.8 Å². The Morgan fingerprint density at radius 2 is 1.92 bits per heavy atom. The van der Waals surface area contributed by atoms with Crippen LogP contribution in [0.1, 0.15) is 61.3 Å². The van der Waals surface area contributed by atoms with Crippen molar-refractivity contribution in [2.24, 2.45) is 23.2 Å². The number of amides is 2. The molecule has 3 unspecified atom stereocenters. The van der Waals surface area contributed by atoms with Crippen molar-refractivity contribution in [1.29, 1.82) is 0 Å². The Balaban J connectivity index is 2.12. The third kappa shape index (κ3) is 4.64. The van der Waals surface area contributed by atoms with Crippen molar-refractivity contribution in [3.63, 3.8) is 0 Å². The Labute approximate surface area is 220 Å². The molecule has 36 heavy (non-hydrogen) atoms. The Bertz CT molecular complexity index is 912. The van der Waals surface area contributed by atoms with Crippen molar-refractivity contribution < 1.29 is 24.2 Å². The van der Waals surface area contributed by atoms with Crippen LogP contribution in [-0.2, 0) is 19.1 Å². The first-order valence-electron chi connectivity index (χ1n) is 13.0. The lowest BCUT2D eigenvalue weighted by Gasteiger charge is -2.47. The molecule has 2 amide bonds. The lowest BCUT2D eigenvalue weighted by atomic mass is 9.66. The predicted octanol–water partition coefficient (Wildman–Crippen LogP) is 3.66. The summed E-state index contributed by atoms with van der Waals surface area (Å²) in [6.07, 6.45) is 4.74. The number of hydrogen-bond acceptors (Lipinski definition) is 6. The summed E-state index contributed by atoms with van der Waals surface area (Å²) < 4.78 is 4.68. The maximum atomic E-state index is 14.6. The van der Waals surface area contributed by atoms with E-state index < -0.39 is 40.2 Å². The number of nitrogens with zero attached hydrogens (tertiary/aromatic N) is 2. The van der Waals surface area contributed by atoms with E-state index in [0.717, 1.165) is 12.8 Å². The molecule has 0 aromatic carbocycles. The first-order valence-corrected chi connectivity index (χ1v) is 13.9. The zero-order valence-corrected chi connectivity index (χ0v) is 23.8. The molecule has 0 saturated carbocycles. The monoisotopic (exact) mass is 520 g/mol. The average molecular weight is 521 g/mol. The number of ether oxygens (including phenoxy) is 1. The predicted molar refractivity (Wildman–Crippen MR) is 143 cm³/mol. The smallest absolute Gasteiger partial charge is 0.311 e. The molecule has 3 aliphatic heterocycles. The average Bonchev–Trinajstić information content (AvgIpc) is 3.36. The minimum Gasteiger partial charge on any atom is -0.461 e. The minimum absolute atomic E-state index is 0.0263. The van der Waals surface area contributed by atoms with Gasteiger partial charge in [0, 0.05) is 17.3 Å². The van der Waals surface area contributed by atoms with Crippen LogP contribution < -0.4 is 0 Å². The normalized spacial score (nSPS) is 32.3. The van der Waals surface area contributed by atoms with Gasteiger partial charge in [-0.15, -0.1) is 18.3 Å². The van der Waals surface area contributed by atoms with Crippen LogP contribution in [0, 0.1) is 23.2 Å². The number of fused-ring (bicyclic) bond motifs is 1. The van der Waals surface area contributed by atoms with E-state index in [1.807, 2.05) is 4.90 Å². The molecule has 7 atom stereocenters. The van der Waals surface area contributed by atoms with E-state index in [1.54, 1.807) is 29.7 Å². The minimum atomic E-state index is -0.779. The summed E-state index contributed by atoms with van der Waals surface area (Å²) in [6.45, 7) is 22.1. The van der Waals surface area contributed by atoms with Gasteiger partial charge in [-0.3, -0.25) is 14.4 Å². The highest BCUT2D eigenvalue weighted by Crippen LogP contribution is 2.69. The van der Waals surface area contributed by atoms with Crippen LogP contribution in [0.3, 0.4) is 0 Å². The van der Waals surface area contributed by atoms with Crippen molar-refractivity contribution in [3.05, 3.63) is 25.3 Å². The number of aliphatic hydroxyl groups excluding tert-OH is 1. The highest BCUT2D eigenvalue weighted by molar-refractivity contribution is 8.02. The summed E-state index contributed by atoms with van der Waals surface area (Å²) in [5, 5.41) is 10.0. The number of thioether (sulfide) groups is 1. The van der Waals surface area contributed by atoms with Gasteiger partial charge < -0.3 is 19.6 Å². The molecule has 3 fully saturated rings. The molecule has 3 rings (SSSR count). The second-order valence-corrected chi connectivity index (χ2v) is 14.1. The van der Waals surface area contributed by atoms with Gasteiger partial charge in [0.15, 0.2) is 0 Å². The molecule has 1 N–H and O–H groups in total. The SMILES string of the molecule is C=CCOC(=O)[C@@H]1[C@@H]2CC(C)C3(S2)C(C(=O)N(CC=C)C(C)(C)CC(C)(C)C)N([C@H](C)CO)C(=O)[C@H]13. The molecule has 1 spiro atoms. The summed E-state index contributed by atoms with van der Waals surface area (Å²) in [7, 11) is 0. The molecule has 0 aromatic heterocycles. The Morgan fingerprint density at radius 3 is 2.44 bits per heavy atom. The largest absolute Gasteiger partial charge is 0.461 e. The fourth-order valence-electron chi connectivity index (χ4n) is 7.11. The number of carbonyl (C=O) groups is 3. The van der Waals surface area contributed by atoms with E-state index in [-0.39, 0.29) is 41.6 Å². The van der Waals surface area contributed by atoms with Crippen molar-refractivity contribution in [2.75, 3.05) is 19.8 Å². The quantitative estimate of drug-likeness (QED) is 0.349. The maximum absolute atomic E-state index is 14.6. The molecular weight excluding hydrogens is 476 g/mol. The lowest BCUT2D eigenvalue weighted by Crippen LogP contribution is -2.62. The van der Waals surface area contributed by atoms with Gasteiger partial charge in [0.05, 0.1) is 29.2 Å². The van der Waals surface area contributed by atoms with Crippen molar-refractivity contribution in [1.82, 2.24) is 9.80 Å². The summed E-state index contributed by atoms with van der Waals surface area (Å²) in [6, 6.07) is -1.34. The summed E-state index contributed by atoms with van der Waals surface area (Å²) in [5.74, 6) is -2.00. The molecular formula is C28H44N2O5S. The molecule has 2 bridgehead atoms. The van der Waals surface area contributed by atoms with Gasteiger partial charge in [-0.1, -0.05) is 46.4 Å². The molecule has 7 nitrogen and oxygen atoms in total. The van der Waals surface area contributed by atoms with Crippen LogP contribution in [0.15, 0.2) is 25.3 Å². The van der Waals surface area contributed by atoms with Crippen molar-refractivity contribution >= 4 is 29.5 Å². The second-order valence-electron chi connectivity index (χ2n) is 12.5. The van der Waals surface area contributed by atoms with E-state index in [0.29, 0.717) is 6.54 Å². The number of carbonyl (C=O) groups excluding carboxylic acids is 3. The number of aliphatic hydroxyl groups is 1. The third-order valence-corrected chi connectivity index (χ3v) is 10.1. The van der Waals surface area contributed by atoms with Crippen molar-refractivity contribution in [3.8, 4) is 0 Å². The van der Waals surface area contributed by atoms with E-state index in [9.17, 15) is 19.5 Å². The molecule has 3 aliphatic rings. The van der Waals surface area contributed by atoms with Crippen molar-refractivity contribution in [2.45, 2.75) is 88.9 Å². The number of esters is 1. The summed E-state index contributed by atoms with van der Waals surface area (Å²) in [5.41, 5.74) is -0.524. The molecule has 0 radical (unpaired) electrons. The Kier molecular flexibility index (Phi) is 8.12. The molecule has 8 heteroatoms. The fourth-order valence-corrected chi connectivity index (χ4v) is 9.50. The topological polar surface area (TPSA) is 87.2 Å². The van der Waals surface area contributed by atoms with Crippen LogP contribution in [-0.4, -0.2) is 80.1 Å². The number of rotatable bonds is 10. The van der Waals surface area contributed by atoms with Gasteiger partial charge in [-0.05, 0) is 44.9 Å². The Morgan fingerprint density at radius 1 is 1.28 bits per heavy atom. The highest BCUT2D eigenvalue weighted by Gasteiger charge is 2.77. The Hall–Kier alpha value is -1.80. The van der Waals surface area contributed by atoms with E-state index in [1.165, 1.54) is 6.08 Å². The number of likely N-dealkylation sites (tertiary alicyclic amines) is 1. The van der Waals surface area contributed by atoms with E-state index in [4.69, 9.17) is 4.74 Å². The van der Waals surface area contributed by atoms with Gasteiger partial charge in [-0.2, -0.15) is 0 Å². The van der Waals surface area contributed by atoms with Crippen LogP contribution in [0.4, 0.5) is 0 Å². The lowest BCUT2D eigenvalue weighted by molar-refractivity contribution is -0.154. The van der Waals surface area contributed by atoms with Crippen LogP contribution >= 0.6 is 11.8 Å². The fraction of sp³-hybridized carbons (Fsp3) is 0.750. The van der Waals surface area contributed by atoms with Crippen LogP contribution in [0.2, 0.25) is 0 Å². The summed E-state index contributed by atoms with van der Waals surface area (Å²) >= 11 is 1.61. The van der Waals surface area contributed by atoms with Gasteiger partial charge >= 0.3 is 5.97 Å². The summed E-state index contributed by atoms with van der Waals surface area (Å²) in [4.78, 5) is 45.3. The zero-order chi connectivity index (χ0) is 27.2. The molecule has 3 saturated heterocycles. The first-order chi connectivity index (χ1) is 16.7. The molecule has 202 valence electrons. The number of hydrogen-bond donors (Lipinski definition) is 1. The van der Waals surface area contributed by atoms with E-state index >= 15 is 0 Å². The van der Waals surface area contributed by atoms with E-state index in [2.05, 4.69) is 54.7 Å². The molecule has 0 aromatic rings. The first kappa shape index (κ1) is 28.8. The highest BCUT2D eigenvalue weighted by atomic mass is 32.2.